The first-order valence-corrected chi connectivity index (χ1v) is 9.43. The van der Waals surface area contributed by atoms with Gasteiger partial charge in [-0.3, -0.25) is 9.59 Å². The Kier molecular flexibility index (Phi) is 7.63. The van der Waals surface area contributed by atoms with E-state index in [0.717, 1.165) is 5.56 Å². The summed E-state index contributed by atoms with van der Waals surface area (Å²) in [7, 11) is 1.53. The van der Waals surface area contributed by atoms with Gasteiger partial charge in [0.1, 0.15) is 5.75 Å². The van der Waals surface area contributed by atoms with E-state index >= 15 is 0 Å². The molecule has 0 spiro atoms. The smallest absolute Gasteiger partial charge is 0.243 e. The van der Waals surface area contributed by atoms with E-state index in [9.17, 15) is 9.59 Å². The molecule has 0 bridgehead atoms. The summed E-state index contributed by atoms with van der Waals surface area (Å²) in [6.07, 6.45) is 0. The number of carbonyl (C=O) groups is 2. The molecule has 0 saturated heterocycles. The highest BCUT2D eigenvalue weighted by atomic mass is 35.5. The number of hydrogen-bond donors (Lipinski definition) is 2. The van der Waals surface area contributed by atoms with Gasteiger partial charge in [0, 0.05) is 4.90 Å². The third-order valence-electron chi connectivity index (χ3n) is 3.34. The maximum atomic E-state index is 12.0. The summed E-state index contributed by atoms with van der Waals surface area (Å²) in [5.74, 6) is 0.0179. The molecule has 0 unspecified atom stereocenters. The lowest BCUT2D eigenvalue weighted by atomic mass is 10.2. The zero-order chi connectivity index (χ0) is 19.1. The zero-order valence-electron chi connectivity index (χ0n) is 14.3. The molecule has 138 valence electrons. The number of ether oxygens (including phenoxy) is 1. The lowest BCUT2D eigenvalue weighted by Gasteiger charge is -2.11. The van der Waals surface area contributed by atoms with Crippen LogP contribution in [0, 0.1) is 6.92 Å². The maximum Gasteiger partial charge on any atom is 0.243 e. The maximum absolute atomic E-state index is 12.0. The summed E-state index contributed by atoms with van der Waals surface area (Å²) in [5, 5.41) is 6.26. The first-order valence-electron chi connectivity index (χ1n) is 7.68. The van der Waals surface area contributed by atoms with Gasteiger partial charge >= 0.3 is 0 Å². The second kappa shape index (κ2) is 9.71. The summed E-state index contributed by atoms with van der Waals surface area (Å²) in [5.41, 5.74) is 1.54. The number of rotatable bonds is 7. The van der Waals surface area contributed by atoms with E-state index in [0.29, 0.717) is 26.4 Å². The lowest BCUT2D eigenvalue weighted by molar-refractivity contribution is -0.122. The fraction of sp³-hybridized carbons (Fsp3) is 0.222. The number of nitrogens with one attached hydrogen (secondary N) is 2. The fourth-order valence-electron chi connectivity index (χ4n) is 2.10. The van der Waals surface area contributed by atoms with E-state index < -0.39 is 0 Å². The molecule has 0 fully saturated rings. The van der Waals surface area contributed by atoms with Crippen LogP contribution in [0.1, 0.15) is 5.56 Å². The van der Waals surface area contributed by atoms with Crippen molar-refractivity contribution in [1.29, 1.82) is 0 Å². The first kappa shape index (κ1) is 20.4. The minimum atomic E-state index is -0.344. The standard InChI is InChI=1S/C18H18Cl2N2O3S/c1-11-6-7-15(25-2)14(8-11)22-16(23)9-21-17(24)10-26-18-12(19)4-3-5-13(18)20/h3-8H,9-10H2,1-2H3,(H,21,24)(H,22,23). The Morgan fingerprint density at radius 3 is 2.46 bits per heavy atom. The van der Waals surface area contributed by atoms with Gasteiger partial charge in [-0.05, 0) is 36.8 Å². The van der Waals surface area contributed by atoms with Gasteiger partial charge in [0.25, 0.3) is 0 Å². The van der Waals surface area contributed by atoms with E-state index in [2.05, 4.69) is 10.6 Å². The molecule has 2 aromatic rings. The number of anilines is 1. The second-order valence-electron chi connectivity index (χ2n) is 5.37. The van der Waals surface area contributed by atoms with Gasteiger partial charge in [-0.2, -0.15) is 0 Å². The Morgan fingerprint density at radius 1 is 1.12 bits per heavy atom. The van der Waals surface area contributed by atoms with Crippen LogP contribution < -0.4 is 15.4 Å². The Morgan fingerprint density at radius 2 is 1.81 bits per heavy atom. The molecule has 0 heterocycles. The molecular weight excluding hydrogens is 395 g/mol. The number of thioether (sulfide) groups is 1. The Bertz CT molecular complexity index is 795. The van der Waals surface area contributed by atoms with Crippen LogP contribution in [0.25, 0.3) is 0 Å². The number of methoxy groups -OCH3 is 1. The molecule has 8 heteroatoms. The van der Waals surface area contributed by atoms with Crippen LogP contribution in [-0.2, 0) is 9.59 Å². The molecule has 0 aliphatic carbocycles. The van der Waals surface area contributed by atoms with E-state index in [1.165, 1.54) is 18.9 Å². The van der Waals surface area contributed by atoms with Crippen molar-refractivity contribution in [3.63, 3.8) is 0 Å². The molecule has 0 atom stereocenters. The summed E-state index contributed by atoms with van der Waals surface area (Å²) < 4.78 is 5.21. The molecule has 0 aromatic heterocycles. The molecule has 2 rings (SSSR count). The summed E-state index contributed by atoms with van der Waals surface area (Å²) >= 11 is 13.3. The van der Waals surface area contributed by atoms with Crippen molar-refractivity contribution in [2.45, 2.75) is 11.8 Å². The quantitative estimate of drug-likeness (QED) is 0.669. The third-order valence-corrected chi connectivity index (χ3v) is 5.33. The van der Waals surface area contributed by atoms with Gasteiger partial charge in [-0.1, -0.05) is 35.3 Å². The van der Waals surface area contributed by atoms with E-state index in [4.69, 9.17) is 27.9 Å². The van der Waals surface area contributed by atoms with Crippen molar-refractivity contribution in [1.82, 2.24) is 5.32 Å². The Balaban J connectivity index is 1.84. The van der Waals surface area contributed by atoms with Crippen molar-refractivity contribution >= 4 is 52.5 Å². The minimum Gasteiger partial charge on any atom is -0.495 e. The van der Waals surface area contributed by atoms with Gasteiger partial charge < -0.3 is 15.4 Å². The van der Waals surface area contributed by atoms with E-state index in [1.54, 1.807) is 30.3 Å². The van der Waals surface area contributed by atoms with Crippen LogP contribution >= 0.6 is 35.0 Å². The minimum absolute atomic E-state index is 0.102. The van der Waals surface area contributed by atoms with Crippen molar-refractivity contribution in [2.24, 2.45) is 0 Å². The highest BCUT2D eigenvalue weighted by Crippen LogP contribution is 2.33. The molecule has 5 nitrogen and oxygen atoms in total. The number of halogens is 2. The van der Waals surface area contributed by atoms with Crippen LogP contribution in [0.5, 0.6) is 5.75 Å². The lowest BCUT2D eigenvalue weighted by Crippen LogP contribution is -2.34. The monoisotopic (exact) mass is 412 g/mol. The van der Waals surface area contributed by atoms with Crippen molar-refractivity contribution in [2.75, 3.05) is 24.7 Å². The topological polar surface area (TPSA) is 67.4 Å². The van der Waals surface area contributed by atoms with Crippen molar-refractivity contribution in [3.8, 4) is 5.75 Å². The second-order valence-corrected chi connectivity index (χ2v) is 7.17. The average Bonchev–Trinajstić information content (AvgIpc) is 2.60. The molecule has 2 aromatic carbocycles. The van der Waals surface area contributed by atoms with Crippen LogP contribution in [0.3, 0.4) is 0 Å². The van der Waals surface area contributed by atoms with Crippen molar-refractivity contribution < 1.29 is 14.3 Å². The average molecular weight is 413 g/mol. The number of benzene rings is 2. The number of aryl methyl sites for hydroxylation is 1. The van der Waals surface area contributed by atoms with Gasteiger partial charge in [-0.25, -0.2) is 0 Å². The Hall–Kier alpha value is -1.89. The van der Waals surface area contributed by atoms with Gasteiger partial charge in [0.15, 0.2) is 0 Å². The van der Waals surface area contributed by atoms with Crippen molar-refractivity contribution in [3.05, 3.63) is 52.0 Å². The number of amides is 2. The molecule has 2 N–H and O–H groups in total. The summed E-state index contributed by atoms with van der Waals surface area (Å²) in [6.45, 7) is 1.76. The molecule has 0 radical (unpaired) electrons. The molecular formula is C18H18Cl2N2O3S. The zero-order valence-corrected chi connectivity index (χ0v) is 16.6. The van der Waals surface area contributed by atoms with E-state index in [-0.39, 0.29) is 24.1 Å². The molecule has 0 aliphatic rings. The normalized spacial score (nSPS) is 10.3. The largest absolute Gasteiger partial charge is 0.495 e. The summed E-state index contributed by atoms with van der Waals surface area (Å²) in [4.78, 5) is 24.6. The highest BCUT2D eigenvalue weighted by Gasteiger charge is 2.12. The summed E-state index contributed by atoms with van der Waals surface area (Å²) in [6, 6.07) is 10.6. The number of carbonyl (C=O) groups excluding carboxylic acids is 2. The highest BCUT2D eigenvalue weighted by molar-refractivity contribution is 8.00. The van der Waals surface area contributed by atoms with Crippen LogP contribution in [0.4, 0.5) is 5.69 Å². The number of hydrogen-bond acceptors (Lipinski definition) is 4. The molecule has 26 heavy (non-hydrogen) atoms. The van der Waals surface area contributed by atoms with Crippen LogP contribution in [0.15, 0.2) is 41.3 Å². The molecule has 0 saturated carbocycles. The van der Waals surface area contributed by atoms with Gasteiger partial charge in [0.05, 0.1) is 35.1 Å². The molecule has 0 aliphatic heterocycles. The van der Waals surface area contributed by atoms with Crippen LogP contribution in [0.2, 0.25) is 10.0 Å². The third kappa shape index (κ3) is 5.83. The molecule has 2 amide bonds. The first-order chi connectivity index (χ1) is 12.4. The fourth-order valence-corrected chi connectivity index (χ4v) is 3.62. The van der Waals surface area contributed by atoms with Crippen LogP contribution in [-0.4, -0.2) is 31.2 Å². The SMILES string of the molecule is COc1ccc(C)cc1NC(=O)CNC(=O)CSc1c(Cl)cccc1Cl. The van der Waals surface area contributed by atoms with Gasteiger partial charge in [0.2, 0.25) is 11.8 Å². The van der Waals surface area contributed by atoms with E-state index in [1.807, 2.05) is 13.0 Å². The predicted octanol–water partition coefficient (Wildman–Crippen LogP) is 4.16. The Labute approximate surface area is 166 Å². The van der Waals surface area contributed by atoms with Gasteiger partial charge in [-0.15, -0.1) is 11.8 Å². The predicted molar refractivity (Wildman–Crippen MR) is 107 cm³/mol.